The Kier molecular flexibility index (Phi) is 5.68. The zero-order valence-corrected chi connectivity index (χ0v) is 16.6. The maximum atomic E-state index is 12.6. The van der Waals surface area contributed by atoms with Gasteiger partial charge in [-0.15, -0.1) is 11.3 Å². The molecule has 1 amide bonds. The zero-order chi connectivity index (χ0) is 19.6. The van der Waals surface area contributed by atoms with Gasteiger partial charge in [0.15, 0.2) is 5.78 Å². The molecule has 3 heterocycles. The first-order chi connectivity index (χ1) is 12.8. The van der Waals surface area contributed by atoms with Gasteiger partial charge in [-0.1, -0.05) is 6.07 Å². The summed E-state index contributed by atoms with van der Waals surface area (Å²) in [6.07, 6.45) is 6.69. The maximum absolute atomic E-state index is 12.6. The molecule has 1 fully saturated rings. The minimum absolute atomic E-state index is 0.0623. The van der Waals surface area contributed by atoms with Gasteiger partial charge in [0.2, 0.25) is 10.0 Å². The topological polar surface area (TPSA) is 104 Å². The number of carbonyl (C=O) groups excluding carboxylic acids is 2. The fourth-order valence-electron chi connectivity index (χ4n) is 3.11. The zero-order valence-electron chi connectivity index (χ0n) is 15.0. The van der Waals surface area contributed by atoms with Crippen LogP contribution in [0.3, 0.4) is 0 Å². The molecule has 3 rings (SSSR count). The van der Waals surface area contributed by atoms with E-state index in [0.717, 1.165) is 38.0 Å². The molecule has 8 nitrogen and oxygen atoms in total. The third-order valence-corrected chi connectivity index (χ3v) is 6.27. The molecule has 1 aromatic rings. The molecule has 0 aliphatic carbocycles. The number of nitrogens with two attached hydrogens (primary N) is 1. The Hall–Kier alpha value is -2.17. The lowest BCUT2D eigenvalue weighted by molar-refractivity contribution is -0.123. The van der Waals surface area contributed by atoms with Crippen LogP contribution in [-0.4, -0.2) is 60.2 Å². The summed E-state index contributed by atoms with van der Waals surface area (Å²) in [5.74, 6) is 5.47. The average Bonchev–Trinajstić information content (AvgIpc) is 3.33. The van der Waals surface area contributed by atoms with E-state index >= 15 is 0 Å². The van der Waals surface area contributed by atoms with Gasteiger partial charge in [-0.3, -0.25) is 9.59 Å². The Labute approximate surface area is 162 Å². The average molecular weight is 411 g/mol. The van der Waals surface area contributed by atoms with E-state index in [1.54, 1.807) is 17.2 Å². The number of amides is 1. The van der Waals surface area contributed by atoms with Gasteiger partial charge >= 0.3 is 0 Å². The largest absolute Gasteiger partial charge is 0.358 e. The van der Waals surface area contributed by atoms with Crippen molar-refractivity contribution in [2.45, 2.75) is 19.3 Å². The number of hydrazine groups is 1. The SMILES string of the molecule is CS(=O)(=O)N(N)C(=O)C1=CN(CC(=O)c2cccs2)C(N2CCCC2)=CC1. The Morgan fingerprint density at radius 3 is 2.59 bits per heavy atom. The van der Waals surface area contributed by atoms with E-state index in [0.29, 0.717) is 4.88 Å². The van der Waals surface area contributed by atoms with Crippen LogP contribution in [0.5, 0.6) is 0 Å². The van der Waals surface area contributed by atoms with Crippen LogP contribution in [0.25, 0.3) is 0 Å². The molecular formula is C17H22N4O4S2. The summed E-state index contributed by atoms with van der Waals surface area (Å²) in [7, 11) is -3.85. The van der Waals surface area contributed by atoms with E-state index in [-0.39, 0.29) is 28.7 Å². The predicted molar refractivity (Wildman–Crippen MR) is 103 cm³/mol. The Morgan fingerprint density at radius 2 is 2.00 bits per heavy atom. The second kappa shape index (κ2) is 7.83. The van der Waals surface area contributed by atoms with Crippen LogP contribution in [0.1, 0.15) is 28.9 Å². The highest BCUT2D eigenvalue weighted by Gasteiger charge is 2.29. The van der Waals surface area contributed by atoms with Gasteiger partial charge in [-0.25, -0.2) is 14.3 Å². The van der Waals surface area contributed by atoms with Crippen molar-refractivity contribution in [1.29, 1.82) is 0 Å². The molecule has 27 heavy (non-hydrogen) atoms. The van der Waals surface area contributed by atoms with Crippen molar-refractivity contribution in [3.8, 4) is 0 Å². The van der Waals surface area contributed by atoms with Crippen molar-refractivity contribution < 1.29 is 18.0 Å². The fraction of sp³-hybridized carbons (Fsp3) is 0.412. The summed E-state index contributed by atoms with van der Waals surface area (Å²) >= 11 is 1.36. The summed E-state index contributed by atoms with van der Waals surface area (Å²) in [6.45, 7) is 1.85. The van der Waals surface area contributed by atoms with E-state index in [9.17, 15) is 18.0 Å². The molecule has 0 aromatic carbocycles. The predicted octanol–water partition coefficient (Wildman–Crippen LogP) is 1.12. The number of carbonyl (C=O) groups is 2. The molecule has 0 unspecified atom stereocenters. The van der Waals surface area contributed by atoms with Crippen molar-refractivity contribution >= 4 is 33.1 Å². The number of nitrogens with zero attached hydrogens (tertiary/aromatic N) is 3. The maximum Gasteiger partial charge on any atom is 0.279 e. The first-order valence-corrected chi connectivity index (χ1v) is 11.3. The van der Waals surface area contributed by atoms with E-state index in [4.69, 9.17) is 5.84 Å². The summed E-state index contributed by atoms with van der Waals surface area (Å²) in [5, 5.41) is 1.84. The van der Waals surface area contributed by atoms with Crippen molar-refractivity contribution in [3.63, 3.8) is 0 Å². The number of Topliss-reactive ketones (excluding diaryl/α,β-unsaturated/α-hetero) is 1. The molecule has 10 heteroatoms. The summed E-state index contributed by atoms with van der Waals surface area (Å²) in [5.41, 5.74) is 0.227. The van der Waals surface area contributed by atoms with Crippen molar-refractivity contribution in [3.05, 3.63) is 46.1 Å². The van der Waals surface area contributed by atoms with E-state index < -0.39 is 15.9 Å². The Bertz CT molecular complexity index is 884. The molecule has 0 bridgehead atoms. The number of thiophene rings is 1. The molecule has 0 spiro atoms. The smallest absolute Gasteiger partial charge is 0.279 e. The van der Waals surface area contributed by atoms with Gasteiger partial charge < -0.3 is 9.80 Å². The lowest BCUT2D eigenvalue weighted by Gasteiger charge is -2.34. The lowest BCUT2D eigenvalue weighted by atomic mass is 10.1. The van der Waals surface area contributed by atoms with Crippen molar-refractivity contribution in [1.82, 2.24) is 14.2 Å². The molecule has 1 saturated heterocycles. The van der Waals surface area contributed by atoms with E-state index in [1.807, 2.05) is 17.5 Å². The molecule has 2 N–H and O–H groups in total. The number of rotatable bonds is 6. The number of sulfonamides is 1. The number of hydrogen-bond acceptors (Lipinski definition) is 8. The molecule has 2 aliphatic rings. The first kappa shape index (κ1) is 19.6. The number of likely N-dealkylation sites (tertiary alicyclic amines) is 1. The van der Waals surface area contributed by atoms with Crippen LogP contribution in [0.4, 0.5) is 0 Å². The van der Waals surface area contributed by atoms with Gasteiger partial charge in [0, 0.05) is 31.3 Å². The monoisotopic (exact) mass is 410 g/mol. The standard InChI is InChI=1S/C17H22N4O4S2/c1-27(24,25)21(18)17(23)13-6-7-16(19-8-2-3-9-19)20(11-13)12-14(22)15-5-4-10-26-15/h4-5,7,10-11H,2-3,6,8-9,12,18H2,1H3. The van der Waals surface area contributed by atoms with Crippen molar-refractivity contribution in [2.24, 2.45) is 5.84 Å². The second-order valence-electron chi connectivity index (χ2n) is 6.51. The molecular weight excluding hydrogens is 388 g/mol. The molecule has 1 aromatic heterocycles. The van der Waals surface area contributed by atoms with Gasteiger partial charge in [0.25, 0.3) is 5.91 Å². The van der Waals surface area contributed by atoms with Gasteiger partial charge in [0.1, 0.15) is 5.82 Å². The second-order valence-corrected chi connectivity index (χ2v) is 9.31. The van der Waals surface area contributed by atoms with Gasteiger partial charge in [-0.05, 0) is 30.4 Å². The molecule has 0 atom stereocenters. The molecule has 0 saturated carbocycles. The van der Waals surface area contributed by atoms with Gasteiger partial charge in [-0.2, -0.15) is 4.41 Å². The van der Waals surface area contributed by atoms with Crippen LogP contribution in [0, 0.1) is 0 Å². The quantitative estimate of drug-likeness (QED) is 0.324. The Morgan fingerprint density at radius 1 is 1.30 bits per heavy atom. The summed E-state index contributed by atoms with van der Waals surface area (Å²) < 4.78 is 23.4. The van der Waals surface area contributed by atoms with E-state index in [1.165, 1.54) is 11.3 Å². The highest BCUT2D eigenvalue weighted by molar-refractivity contribution is 7.88. The fourth-order valence-corrected chi connectivity index (χ4v) is 4.19. The highest BCUT2D eigenvalue weighted by atomic mass is 32.2. The van der Waals surface area contributed by atoms with Gasteiger partial charge in [0.05, 0.1) is 17.7 Å². The molecule has 0 radical (unpaired) electrons. The Balaban J connectivity index is 1.85. The molecule has 2 aliphatic heterocycles. The van der Waals surface area contributed by atoms with Crippen LogP contribution in [0.15, 0.2) is 41.2 Å². The third kappa shape index (κ3) is 4.40. The summed E-state index contributed by atoms with van der Waals surface area (Å²) in [6, 6.07) is 3.58. The van der Waals surface area contributed by atoms with Crippen LogP contribution < -0.4 is 5.84 Å². The normalized spacial score (nSPS) is 17.6. The summed E-state index contributed by atoms with van der Waals surface area (Å²) in [4.78, 5) is 29.6. The third-order valence-electron chi connectivity index (χ3n) is 4.48. The highest BCUT2D eigenvalue weighted by Crippen LogP contribution is 2.26. The van der Waals surface area contributed by atoms with Crippen LogP contribution in [-0.2, 0) is 14.8 Å². The minimum atomic E-state index is -3.85. The van der Waals surface area contributed by atoms with Crippen molar-refractivity contribution in [2.75, 3.05) is 25.9 Å². The number of allylic oxidation sites excluding steroid dienone is 1. The lowest BCUT2D eigenvalue weighted by Crippen LogP contribution is -2.44. The van der Waals surface area contributed by atoms with Crippen LogP contribution in [0.2, 0.25) is 0 Å². The van der Waals surface area contributed by atoms with Crippen LogP contribution >= 0.6 is 11.3 Å². The first-order valence-electron chi connectivity index (χ1n) is 8.56. The molecule has 146 valence electrons. The minimum Gasteiger partial charge on any atom is -0.358 e. The number of ketones is 1. The number of hydrogen-bond donors (Lipinski definition) is 1. The van der Waals surface area contributed by atoms with E-state index in [2.05, 4.69) is 4.90 Å².